The van der Waals surface area contributed by atoms with Crippen molar-refractivity contribution >= 4 is 11.6 Å². The SMILES string of the molecule is CC1CN(C(=O)c2cc(C(F)(F)F)cc(C(F)(F)F)c2)c2ccccc2O1. The summed E-state index contributed by atoms with van der Waals surface area (Å²) in [5.41, 5.74) is -3.47. The smallest absolute Gasteiger partial charge is 0.416 e. The maximum atomic E-state index is 13.0. The first-order valence-electron chi connectivity index (χ1n) is 7.84. The van der Waals surface area contributed by atoms with Crippen LogP contribution < -0.4 is 9.64 Å². The van der Waals surface area contributed by atoms with Crippen molar-refractivity contribution < 1.29 is 35.9 Å². The summed E-state index contributed by atoms with van der Waals surface area (Å²) in [6.07, 6.45) is -10.5. The molecule has 0 fully saturated rings. The topological polar surface area (TPSA) is 29.5 Å². The van der Waals surface area contributed by atoms with Crippen molar-refractivity contribution in [3.8, 4) is 5.75 Å². The number of para-hydroxylation sites is 2. The van der Waals surface area contributed by atoms with E-state index >= 15 is 0 Å². The molecule has 1 aliphatic heterocycles. The summed E-state index contributed by atoms with van der Waals surface area (Å²) in [5.74, 6) is -0.637. The lowest BCUT2D eigenvalue weighted by Gasteiger charge is -2.33. The summed E-state index contributed by atoms with van der Waals surface area (Å²) in [7, 11) is 0. The number of anilines is 1. The maximum Gasteiger partial charge on any atom is 0.416 e. The molecule has 1 atom stereocenters. The number of halogens is 6. The van der Waals surface area contributed by atoms with Crippen LogP contribution in [-0.2, 0) is 12.4 Å². The molecule has 0 saturated heterocycles. The Bertz CT molecular complexity index is 843. The van der Waals surface area contributed by atoms with Gasteiger partial charge in [0.2, 0.25) is 0 Å². The Kier molecular flexibility index (Phi) is 4.57. The fraction of sp³-hybridized carbons (Fsp3) is 0.278. The van der Waals surface area contributed by atoms with Crippen LogP contribution in [0.4, 0.5) is 32.0 Å². The molecular weight excluding hydrogens is 376 g/mol. The molecule has 0 N–H and O–H groups in total. The van der Waals surface area contributed by atoms with E-state index in [1.165, 1.54) is 6.07 Å². The molecule has 0 radical (unpaired) electrons. The van der Waals surface area contributed by atoms with Crippen LogP contribution in [0.3, 0.4) is 0 Å². The average Bonchev–Trinajstić information content (AvgIpc) is 2.58. The van der Waals surface area contributed by atoms with Crippen LogP contribution in [0.1, 0.15) is 28.4 Å². The highest BCUT2D eigenvalue weighted by Gasteiger charge is 2.38. The van der Waals surface area contributed by atoms with Crippen molar-refractivity contribution in [3.63, 3.8) is 0 Å². The van der Waals surface area contributed by atoms with Crippen molar-refractivity contribution in [1.29, 1.82) is 0 Å². The van der Waals surface area contributed by atoms with Gasteiger partial charge in [-0.2, -0.15) is 26.3 Å². The Morgan fingerprint density at radius 3 is 2.11 bits per heavy atom. The fourth-order valence-corrected chi connectivity index (χ4v) is 2.82. The van der Waals surface area contributed by atoms with Crippen molar-refractivity contribution in [2.75, 3.05) is 11.4 Å². The molecule has 27 heavy (non-hydrogen) atoms. The lowest BCUT2D eigenvalue weighted by molar-refractivity contribution is -0.143. The quantitative estimate of drug-likeness (QED) is 0.632. The van der Waals surface area contributed by atoms with Crippen LogP contribution >= 0.6 is 0 Å². The first kappa shape index (κ1) is 19.1. The molecule has 1 amide bonds. The van der Waals surface area contributed by atoms with Crippen LogP contribution in [0.5, 0.6) is 5.75 Å². The van der Waals surface area contributed by atoms with E-state index < -0.39 is 41.1 Å². The van der Waals surface area contributed by atoms with Gasteiger partial charge in [-0.1, -0.05) is 12.1 Å². The Hall–Kier alpha value is -2.71. The maximum absolute atomic E-state index is 13.0. The predicted octanol–water partition coefficient (Wildman–Crippen LogP) is 5.15. The van der Waals surface area contributed by atoms with E-state index in [-0.39, 0.29) is 18.3 Å². The molecule has 1 unspecified atom stereocenters. The highest BCUT2D eigenvalue weighted by molar-refractivity contribution is 6.07. The molecule has 1 aliphatic rings. The number of amides is 1. The monoisotopic (exact) mass is 389 g/mol. The fourth-order valence-electron chi connectivity index (χ4n) is 2.82. The molecule has 3 nitrogen and oxygen atoms in total. The standard InChI is InChI=1S/C18H13F6NO2/c1-10-9-25(14-4-2-3-5-15(14)27-10)16(26)11-6-12(17(19,20)21)8-13(7-11)18(22,23)24/h2-8,10H,9H2,1H3. The van der Waals surface area contributed by atoms with Gasteiger partial charge in [0, 0.05) is 5.56 Å². The number of carbonyl (C=O) groups is 1. The normalized spacial score (nSPS) is 17.3. The third-order valence-corrected chi connectivity index (χ3v) is 4.00. The highest BCUT2D eigenvalue weighted by Crippen LogP contribution is 2.38. The Labute approximate surface area is 150 Å². The van der Waals surface area contributed by atoms with Gasteiger partial charge < -0.3 is 9.64 Å². The Morgan fingerprint density at radius 1 is 1.00 bits per heavy atom. The molecule has 0 bridgehead atoms. The van der Waals surface area contributed by atoms with Gasteiger partial charge in [0.15, 0.2) is 0 Å². The van der Waals surface area contributed by atoms with Crippen LogP contribution in [0.2, 0.25) is 0 Å². The minimum atomic E-state index is -5.02. The minimum absolute atomic E-state index is 0.00650. The van der Waals surface area contributed by atoms with Gasteiger partial charge in [-0.05, 0) is 37.3 Å². The lowest BCUT2D eigenvalue weighted by Crippen LogP contribution is -2.42. The van der Waals surface area contributed by atoms with Gasteiger partial charge in [0.1, 0.15) is 11.9 Å². The average molecular weight is 389 g/mol. The number of fused-ring (bicyclic) bond motifs is 1. The van der Waals surface area contributed by atoms with Gasteiger partial charge in [-0.3, -0.25) is 4.79 Å². The van der Waals surface area contributed by atoms with Crippen LogP contribution in [0, 0.1) is 0 Å². The van der Waals surface area contributed by atoms with Crippen LogP contribution in [0.15, 0.2) is 42.5 Å². The van der Waals surface area contributed by atoms with Crippen molar-refractivity contribution in [2.24, 2.45) is 0 Å². The molecule has 3 rings (SSSR count). The molecular formula is C18H13F6NO2. The summed E-state index contributed by atoms with van der Waals surface area (Å²) in [4.78, 5) is 13.9. The number of benzene rings is 2. The third kappa shape index (κ3) is 3.86. The number of alkyl halides is 6. The van der Waals surface area contributed by atoms with Gasteiger partial charge in [0.25, 0.3) is 5.91 Å². The van der Waals surface area contributed by atoms with E-state index in [0.29, 0.717) is 17.9 Å². The summed E-state index contributed by atoms with van der Waals surface area (Å²) < 4.78 is 83.7. The summed E-state index contributed by atoms with van der Waals surface area (Å²) in [5, 5.41) is 0. The molecule has 144 valence electrons. The van der Waals surface area contributed by atoms with E-state index in [2.05, 4.69) is 0 Å². The Morgan fingerprint density at radius 2 is 1.56 bits per heavy atom. The van der Waals surface area contributed by atoms with Gasteiger partial charge in [-0.25, -0.2) is 0 Å². The minimum Gasteiger partial charge on any atom is -0.487 e. The predicted molar refractivity (Wildman–Crippen MR) is 84.7 cm³/mol. The van der Waals surface area contributed by atoms with Crippen LogP contribution in [-0.4, -0.2) is 18.6 Å². The third-order valence-electron chi connectivity index (χ3n) is 4.00. The highest BCUT2D eigenvalue weighted by atomic mass is 19.4. The second-order valence-corrected chi connectivity index (χ2v) is 6.11. The van der Waals surface area contributed by atoms with E-state index in [1.807, 2.05) is 0 Å². The van der Waals surface area contributed by atoms with Gasteiger partial charge in [-0.15, -0.1) is 0 Å². The van der Waals surface area contributed by atoms with Crippen molar-refractivity contribution in [3.05, 3.63) is 59.2 Å². The van der Waals surface area contributed by atoms with Crippen molar-refractivity contribution in [2.45, 2.75) is 25.4 Å². The van der Waals surface area contributed by atoms with E-state index in [1.54, 1.807) is 25.1 Å². The molecule has 9 heteroatoms. The molecule has 0 spiro atoms. The number of nitrogens with zero attached hydrogens (tertiary/aromatic N) is 1. The summed E-state index contributed by atoms with van der Waals surface area (Å²) >= 11 is 0. The van der Waals surface area contributed by atoms with Gasteiger partial charge >= 0.3 is 12.4 Å². The molecule has 0 saturated carbocycles. The largest absolute Gasteiger partial charge is 0.487 e. The number of hydrogen-bond acceptors (Lipinski definition) is 2. The number of rotatable bonds is 1. The van der Waals surface area contributed by atoms with Crippen LogP contribution in [0.25, 0.3) is 0 Å². The molecule has 1 heterocycles. The summed E-state index contributed by atoms with van der Waals surface area (Å²) in [6, 6.07) is 7.17. The van der Waals surface area contributed by atoms with Crippen molar-refractivity contribution in [1.82, 2.24) is 0 Å². The molecule has 2 aromatic rings. The first-order chi connectivity index (χ1) is 12.5. The lowest BCUT2D eigenvalue weighted by atomic mass is 10.0. The molecule has 2 aromatic carbocycles. The van der Waals surface area contributed by atoms with E-state index in [9.17, 15) is 31.1 Å². The zero-order valence-corrected chi connectivity index (χ0v) is 13.9. The Balaban J connectivity index is 2.10. The zero-order chi connectivity index (χ0) is 20.0. The molecule has 0 aromatic heterocycles. The van der Waals surface area contributed by atoms with Gasteiger partial charge in [0.05, 0.1) is 23.4 Å². The first-order valence-corrected chi connectivity index (χ1v) is 7.84. The molecule has 0 aliphatic carbocycles. The number of ether oxygens (including phenoxy) is 1. The van der Waals surface area contributed by atoms with E-state index in [4.69, 9.17) is 4.74 Å². The van der Waals surface area contributed by atoms with E-state index in [0.717, 1.165) is 4.90 Å². The second kappa shape index (κ2) is 6.47. The second-order valence-electron chi connectivity index (χ2n) is 6.11. The zero-order valence-electron chi connectivity index (χ0n) is 13.9. The summed E-state index contributed by atoms with van der Waals surface area (Å²) in [6.45, 7) is 1.64. The number of hydrogen-bond donors (Lipinski definition) is 0. The number of carbonyl (C=O) groups excluding carboxylic acids is 1.